The molecule has 1 amide bonds. The van der Waals surface area contributed by atoms with Crippen molar-refractivity contribution < 1.29 is 31.1 Å². The van der Waals surface area contributed by atoms with Crippen molar-refractivity contribution >= 4 is 23.0 Å². The predicted octanol–water partition coefficient (Wildman–Crippen LogP) is 6.24. The third-order valence-electron chi connectivity index (χ3n) is 4.81. The summed E-state index contributed by atoms with van der Waals surface area (Å²) in [5.74, 6) is -1.18. The largest absolute Gasteiger partial charge is 0.416 e. The van der Waals surface area contributed by atoms with E-state index >= 15 is 0 Å². The summed E-state index contributed by atoms with van der Waals surface area (Å²) in [5, 5.41) is 5.28. The van der Waals surface area contributed by atoms with E-state index in [0.29, 0.717) is 24.8 Å². The third-order valence-corrected chi connectivity index (χ3v) is 4.81. The Hall–Kier alpha value is -2.91. The Morgan fingerprint density at radius 3 is 2.28 bits per heavy atom. The standard InChI is InChI=1S/C22H25F6N3O/c23-12-16(24)4-2-1-3-5-19(32)31-18-11-10-17(20(25)21(18)29)30-13-14-6-8-15(9-7-14)22(26,27)28/h6-11,16,30H,1-5,12-13,29H2,(H,31,32). The summed E-state index contributed by atoms with van der Waals surface area (Å²) in [5.41, 5.74) is 5.35. The first kappa shape index (κ1) is 25.4. The number of rotatable bonds is 11. The van der Waals surface area contributed by atoms with Gasteiger partial charge in [0.1, 0.15) is 12.8 Å². The van der Waals surface area contributed by atoms with Gasteiger partial charge >= 0.3 is 6.18 Å². The highest BCUT2D eigenvalue weighted by Crippen LogP contribution is 2.30. The number of nitrogens with two attached hydrogens (primary N) is 1. The molecule has 176 valence electrons. The fraction of sp³-hybridized carbons (Fsp3) is 0.409. The van der Waals surface area contributed by atoms with Gasteiger partial charge in [-0.05, 0) is 42.7 Å². The number of hydrogen-bond donors (Lipinski definition) is 3. The Balaban J connectivity index is 1.86. The number of halogens is 6. The average Bonchev–Trinajstić information content (AvgIpc) is 2.75. The van der Waals surface area contributed by atoms with Gasteiger partial charge < -0.3 is 16.4 Å². The number of carbonyl (C=O) groups is 1. The molecule has 0 aliphatic rings. The normalized spacial score (nSPS) is 12.4. The summed E-state index contributed by atoms with van der Waals surface area (Å²) in [4.78, 5) is 12.0. The van der Waals surface area contributed by atoms with Crippen molar-refractivity contribution in [1.82, 2.24) is 0 Å². The van der Waals surface area contributed by atoms with Crippen molar-refractivity contribution in [3.63, 3.8) is 0 Å². The van der Waals surface area contributed by atoms with Gasteiger partial charge in [-0.25, -0.2) is 13.2 Å². The molecule has 0 spiro atoms. The number of hydrogen-bond acceptors (Lipinski definition) is 3. The molecule has 32 heavy (non-hydrogen) atoms. The number of carbonyl (C=O) groups excluding carboxylic acids is 1. The zero-order valence-corrected chi connectivity index (χ0v) is 17.2. The Bertz CT molecular complexity index is 886. The van der Waals surface area contributed by atoms with Gasteiger partial charge in [-0.3, -0.25) is 4.79 Å². The fourth-order valence-electron chi connectivity index (χ4n) is 2.97. The van der Waals surface area contributed by atoms with Gasteiger partial charge in [0.25, 0.3) is 0 Å². The average molecular weight is 461 g/mol. The van der Waals surface area contributed by atoms with Crippen LogP contribution in [0.15, 0.2) is 36.4 Å². The van der Waals surface area contributed by atoms with Crippen LogP contribution >= 0.6 is 0 Å². The van der Waals surface area contributed by atoms with E-state index in [1.165, 1.54) is 24.3 Å². The predicted molar refractivity (Wildman–Crippen MR) is 112 cm³/mol. The van der Waals surface area contributed by atoms with E-state index in [9.17, 15) is 31.1 Å². The van der Waals surface area contributed by atoms with Crippen LogP contribution < -0.4 is 16.4 Å². The summed E-state index contributed by atoms with van der Waals surface area (Å²) >= 11 is 0. The minimum atomic E-state index is -4.43. The van der Waals surface area contributed by atoms with Crippen LogP contribution in [0.25, 0.3) is 0 Å². The zero-order valence-electron chi connectivity index (χ0n) is 17.2. The van der Waals surface area contributed by atoms with Crippen LogP contribution in [-0.2, 0) is 17.5 Å². The Morgan fingerprint density at radius 1 is 1.00 bits per heavy atom. The summed E-state index contributed by atoms with van der Waals surface area (Å²) in [7, 11) is 0. The lowest BCUT2D eigenvalue weighted by atomic mass is 10.1. The van der Waals surface area contributed by atoms with Gasteiger partial charge in [0, 0.05) is 13.0 Å². The van der Waals surface area contributed by atoms with Gasteiger partial charge in [0.05, 0.1) is 22.6 Å². The van der Waals surface area contributed by atoms with Crippen molar-refractivity contribution in [3.05, 3.63) is 53.3 Å². The zero-order chi connectivity index (χ0) is 23.7. The number of nitrogen functional groups attached to an aromatic ring is 1. The van der Waals surface area contributed by atoms with Crippen molar-refractivity contribution in [2.24, 2.45) is 0 Å². The summed E-state index contributed by atoms with van der Waals surface area (Å²) in [6, 6.07) is 7.24. The maximum absolute atomic E-state index is 14.5. The molecule has 0 fully saturated rings. The highest BCUT2D eigenvalue weighted by atomic mass is 19.4. The topological polar surface area (TPSA) is 67.1 Å². The van der Waals surface area contributed by atoms with Crippen molar-refractivity contribution in [2.45, 2.75) is 51.0 Å². The highest BCUT2D eigenvalue weighted by Gasteiger charge is 2.29. The van der Waals surface area contributed by atoms with Crippen LogP contribution in [0.5, 0.6) is 0 Å². The summed E-state index contributed by atoms with van der Waals surface area (Å²) in [6.07, 6.45) is -4.17. The molecule has 2 aromatic rings. The minimum absolute atomic E-state index is 0.0361. The second-order valence-electron chi connectivity index (χ2n) is 7.34. The van der Waals surface area contributed by atoms with Gasteiger partial charge in [-0.15, -0.1) is 0 Å². The number of benzene rings is 2. The molecule has 0 radical (unpaired) electrons. The Kier molecular flexibility index (Phi) is 9.22. The number of unbranched alkanes of at least 4 members (excludes halogenated alkanes) is 2. The van der Waals surface area contributed by atoms with E-state index in [2.05, 4.69) is 10.6 Å². The van der Waals surface area contributed by atoms with E-state index < -0.39 is 30.4 Å². The summed E-state index contributed by atoms with van der Waals surface area (Å²) < 4.78 is 77.2. The van der Waals surface area contributed by atoms with Crippen LogP contribution in [-0.4, -0.2) is 18.8 Å². The molecule has 0 aliphatic carbocycles. The molecular weight excluding hydrogens is 436 g/mol. The maximum atomic E-state index is 14.5. The van der Waals surface area contributed by atoms with Crippen molar-refractivity contribution in [3.8, 4) is 0 Å². The number of nitrogens with one attached hydrogen (secondary N) is 2. The molecule has 0 saturated heterocycles. The molecular formula is C22H25F6N3O. The lowest BCUT2D eigenvalue weighted by Crippen LogP contribution is -2.14. The quantitative estimate of drug-likeness (QED) is 0.211. The second-order valence-corrected chi connectivity index (χ2v) is 7.34. The smallest absolute Gasteiger partial charge is 0.395 e. The van der Waals surface area contributed by atoms with Gasteiger partial charge in [0.15, 0.2) is 5.82 Å². The lowest BCUT2D eigenvalue weighted by molar-refractivity contribution is -0.137. The molecule has 0 saturated carbocycles. The van der Waals surface area contributed by atoms with Crippen LogP contribution in [0.4, 0.5) is 43.4 Å². The molecule has 4 N–H and O–H groups in total. The van der Waals surface area contributed by atoms with E-state index in [4.69, 9.17) is 5.73 Å². The number of amides is 1. The van der Waals surface area contributed by atoms with Gasteiger partial charge in [0.2, 0.25) is 5.91 Å². The number of alkyl halides is 5. The molecule has 1 unspecified atom stereocenters. The van der Waals surface area contributed by atoms with Gasteiger partial charge in [-0.2, -0.15) is 13.2 Å². The number of anilines is 3. The lowest BCUT2D eigenvalue weighted by Gasteiger charge is -2.14. The molecule has 4 nitrogen and oxygen atoms in total. The molecule has 10 heteroatoms. The molecule has 0 heterocycles. The molecule has 0 bridgehead atoms. The Morgan fingerprint density at radius 2 is 1.66 bits per heavy atom. The molecule has 2 rings (SSSR count). The van der Waals surface area contributed by atoms with Crippen molar-refractivity contribution in [2.75, 3.05) is 23.0 Å². The van der Waals surface area contributed by atoms with Gasteiger partial charge in [-0.1, -0.05) is 25.0 Å². The monoisotopic (exact) mass is 461 g/mol. The first-order valence-electron chi connectivity index (χ1n) is 10.1. The molecule has 0 aliphatic heterocycles. The Labute approximate surface area is 182 Å². The molecule has 1 atom stereocenters. The van der Waals surface area contributed by atoms with E-state index in [1.807, 2.05) is 0 Å². The van der Waals surface area contributed by atoms with E-state index in [-0.39, 0.29) is 42.4 Å². The maximum Gasteiger partial charge on any atom is 0.416 e. The summed E-state index contributed by atoms with van der Waals surface area (Å²) in [6.45, 7) is -0.942. The SMILES string of the molecule is Nc1c(NC(=O)CCCCCC(F)CF)ccc(NCc2ccc(C(F)(F)F)cc2)c1F. The van der Waals surface area contributed by atoms with Crippen LogP contribution in [0.2, 0.25) is 0 Å². The first-order chi connectivity index (χ1) is 15.1. The van der Waals surface area contributed by atoms with Crippen LogP contribution in [0, 0.1) is 5.82 Å². The van der Waals surface area contributed by atoms with E-state index in [1.54, 1.807) is 0 Å². The highest BCUT2D eigenvalue weighted by molar-refractivity contribution is 5.94. The molecule has 0 aromatic heterocycles. The first-order valence-corrected chi connectivity index (χ1v) is 10.1. The van der Waals surface area contributed by atoms with Crippen LogP contribution in [0.1, 0.15) is 43.2 Å². The fourth-order valence-corrected chi connectivity index (χ4v) is 2.97. The second kappa shape index (κ2) is 11.6. The minimum Gasteiger partial charge on any atom is -0.395 e. The van der Waals surface area contributed by atoms with E-state index in [0.717, 1.165) is 12.1 Å². The molecule has 2 aromatic carbocycles. The van der Waals surface area contributed by atoms with Crippen molar-refractivity contribution in [1.29, 1.82) is 0 Å². The van der Waals surface area contributed by atoms with Crippen LogP contribution in [0.3, 0.4) is 0 Å². The third kappa shape index (κ3) is 7.65.